The van der Waals surface area contributed by atoms with E-state index in [2.05, 4.69) is 15.0 Å². The van der Waals surface area contributed by atoms with E-state index in [0.717, 1.165) is 11.6 Å². The summed E-state index contributed by atoms with van der Waals surface area (Å²) in [5.41, 5.74) is 0.0936. The fraction of sp³-hybridized carbons (Fsp3) is 0.412. The van der Waals surface area contributed by atoms with Gasteiger partial charge in [-0.3, -0.25) is 4.79 Å². The Bertz CT molecular complexity index is 808. The lowest BCUT2D eigenvalue weighted by Gasteiger charge is -2.17. The highest BCUT2D eigenvalue weighted by molar-refractivity contribution is 5.86. The van der Waals surface area contributed by atoms with Crippen LogP contribution in [-0.4, -0.2) is 36.8 Å². The zero-order chi connectivity index (χ0) is 18.2. The lowest BCUT2D eigenvalue weighted by Crippen LogP contribution is -2.31. The third-order valence-corrected chi connectivity index (χ3v) is 4.09. The highest BCUT2D eigenvalue weighted by Crippen LogP contribution is 2.35. The molecule has 134 valence electrons. The third kappa shape index (κ3) is 3.68. The van der Waals surface area contributed by atoms with Crippen LogP contribution >= 0.6 is 0 Å². The van der Waals surface area contributed by atoms with Crippen LogP contribution in [0.15, 0.2) is 24.3 Å². The minimum atomic E-state index is -4.57. The number of benzene rings is 1. The number of esters is 1. The van der Waals surface area contributed by atoms with E-state index in [4.69, 9.17) is 4.74 Å². The molecule has 1 saturated heterocycles. The maximum absolute atomic E-state index is 13.1. The van der Waals surface area contributed by atoms with Gasteiger partial charge in [0.05, 0.1) is 12.6 Å². The van der Waals surface area contributed by atoms with Crippen LogP contribution in [0.3, 0.4) is 0 Å². The van der Waals surface area contributed by atoms with Gasteiger partial charge in [-0.1, -0.05) is 11.6 Å². The first-order valence-electron chi connectivity index (χ1n) is 7.74. The molecule has 1 aliphatic rings. The van der Waals surface area contributed by atoms with Crippen molar-refractivity contribution in [2.75, 3.05) is 13.7 Å². The van der Waals surface area contributed by atoms with E-state index in [1.165, 1.54) is 13.2 Å². The summed E-state index contributed by atoms with van der Waals surface area (Å²) in [7, 11) is 1.28. The summed E-state index contributed by atoms with van der Waals surface area (Å²) in [6, 6.07) is 5.36. The average molecular weight is 354 g/mol. The van der Waals surface area contributed by atoms with Crippen LogP contribution in [-0.2, 0) is 15.7 Å². The molecule has 5 nitrogen and oxygen atoms in total. The van der Waals surface area contributed by atoms with Crippen molar-refractivity contribution in [3.8, 4) is 5.75 Å². The molecule has 1 N–H and O–H groups in total. The minimum absolute atomic E-state index is 0.110. The molecule has 0 unspecified atom stereocenters. The van der Waals surface area contributed by atoms with Gasteiger partial charge in [-0.15, -0.1) is 0 Å². The van der Waals surface area contributed by atoms with Crippen LogP contribution < -0.4 is 10.1 Å². The maximum atomic E-state index is 13.1. The summed E-state index contributed by atoms with van der Waals surface area (Å²) < 4.78 is 49.8. The van der Waals surface area contributed by atoms with Crippen molar-refractivity contribution in [3.05, 3.63) is 35.5 Å². The minimum Gasteiger partial charge on any atom is -0.488 e. The quantitative estimate of drug-likeness (QED) is 0.859. The molecule has 0 radical (unpaired) electrons. The number of nitrogens with one attached hydrogen (secondary N) is 1. The van der Waals surface area contributed by atoms with Crippen LogP contribution in [0.1, 0.15) is 17.7 Å². The van der Waals surface area contributed by atoms with Crippen molar-refractivity contribution in [2.45, 2.75) is 31.7 Å². The molecule has 3 rings (SSSR count). The molecule has 8 heteroatoms. The number of alkyl halides is 3. The second-order valence-electron chi connectivity index (χ2n) is 5.98. The fourth-order valence-corrected chi connectivity index (χ4v) is 2.85. The first kappa shape index (κ1) is 17.5. The second-order valence-corrected chi connectivity index (χ2v) is 5.98. The predicted octanol–water partition coefficient (Wildman–Crippen LogP) is 2.84. The van der Waals surface area contributed by atoms with Gasteiger partial charge in [-0.05, 0) is 19.1 Å². The van der Waals surface area contributed by atoms with Crippen molar-refractivity contribution in [2.24, 2.45) is 0 Å². The molecule has 1 fully saturated rings. The van der Waals surface area contributed by atoms with Gasteiger partial charge in [0, 0.05) is 24.4 Å². The first-order chi connectivity index (χ1) is 11.8. The van der Waals surface area contributed by atoms with E-state index < -0.39 is 30.0 Å². The summed E-state index contributed by atoms with van der Waals surface area (Å²) in [5.74, 6) is -0.309. The van der Waals surface area contributed by atoms with Crippen LogP contribution in [0, 0.1) is 6.92 Å². The highest BCUT2D eigenvalue weighted by Gasteiger charge is 2.35. The molecule has 0 amide bonds. The Labute approximate surface area is 142 Å². The van der Waals surface area contributed by atoms with E-state index in [9.17, 15) is 18.0 Å². The number of methoxy groups -OCH3 is 1. The number of nitrogens with zero attached hydrogens (tertiary/aromatic N) is 1. The molecule has 2 heterocycles. The fourth-order valence-electron chi connectivity index (χ4n) is 2.85. The van der Waals surface area contributed by atoms with E-state index in [1.807, 2.05) is 6.92 Å². The lowest BCUT2D eigenvalue weighted by molar-refractivity contribution is -0.143. The van der Waals surface area contributed by atoms with Gasteiger partial charge in [-0.25, -0.2) is 4.98 Å². The molecule has 1 aromatic carbocycles. The van der Waals surface area contributed by atoms with Crippen LogP contribution in [0.2, 0.25) is 0 Å². The molecule has 2 atom stereocenters. The number of aryl methyl sites for hydroxylation is 1. The summed E-state index contributed by atoms with van der Waals surface area (Å²) in [4.78, 5) is 15.2. The number of rotatable bonds is 3. The maximum Gasteiger partial charge on any atom is 0.433 e. The normalized spacial score (nSPS) is 20.7. The number of carbonyl (C=O) groups excluding carboxylic acids is 1. The zero-order valence-electron chi connectivity index (χ0n) is 13.7. The van der Waals surface area contributed by atoms with Gasteiger partial charge >= 0.3 is 12.1 Å². The van der Waals surface area contributed by atoms with Crippen molar-refractivity contribution >= 4 is 16.9 Å². The monoisotopic (exact) mass is 354 g/mol. The Balaban J connectivity index is 1.94. The summed E-state index contributed by atoms with van der Waals surface area (Å²) in [5, 5.41) is 3.45. The van der Waals surface area contributed by atoms with Gasteiger partial charge < -0.3 is 14.8 Å². The second kappa shape index (κ2) is 6.51. The van der Waals surface area contributed by atoms with E-state index in [-0.39, 0.29) is 11.3 Å². The van der Waals surface area contributed by atoms with Crippen LogP contribution in [0.4, 0.5) is 13.2 Å². The summed E-state index contributed by atoms with van der Waals surface area (Å²) in [6.45, 7) is 2.18. The summed E-state index contributed by atoms with van der Waals surface area (Å²) in [6.07, 6.45) is -4.68. The smallest absolute Gasteiger partial charge is 0.433 e. The lowest BCUT2D eigenvalue weighted by atomic mass is 10.1. The number of aromatic nitrogens is 1. The topological polar surface area (TPSA) is 60.5 Å². The number of ether oxygens (including phenoxy) is 2. The number of halogens is 3. The number of fused-ring (bicyclic) bond motifs is 1. The molecule has 0 spiro atoms. The van der Waals surface area contributed by atoms with Gasteiger partial charge in [0.1, 0.15) is 23.6 Å². The standard InChI is InChI=1S/C17H17F3N2O3/c1-9-3-4-12-11(5-9)14(7-15(22-12)17(18,19)20)25-10-6-13(21-8-10)16(23)24-2/h3-5,7,10,13,21H,6,8H2,1-2H3/t10-,13+/m1/s1. The van der Waals surface area contributed by atoms with E-state index in [0.29, 0.717) is 18.4 Å². The molecule has 1 aromatic heterocycles. The Morgan fingerprint density at radius 3 is 2.76 bits per heavy atom. The number of hydrogen-bond donors (Lipinski definition) is 1. The molecule has 0 aliphatic carbocycles. The van der Waals surface area contributed by atoms with Crippen molar-refractivity contribution in [3.63, 3.8) is 0 Å². The van der Waals surface area contributed by atoms with Crippen LogP contribution in [0.5, 0.6) is 5.75 Å². The molecular weight excluding hydrogens is 337 g/mol. The van der Waals surface area contributed by atoms with E-state index >= 15 is 0 Å². The number of carbonyl (C=O) groups is 1. The third-order valence-electron chi connectivity index (χ3n) is 4.09. The molecule has 25 heavy (non-hydrogen) atoms. The Morgan fingerprint density at radius 1 is 1.32 bits per heavy atom. The molecular formula is C17H17F3N2O3. The number of hydrogen-bond acceptors (Lipinski definition) is 5. The molecule has 0 saturated carbocycles. The van der Waals surface area contributed by atoms with Gasteiger partial charge in [0.25, 0.3) is 0 Å². The Hall–Kier alpha value is -2.35. The number of pyridine rings is 1. The highest BCUT2D eigenvalue weighted by atomic mass is 19.4. The summed E-state index contributed by atoms with van der Waals surface area (Å²) >= 11 is 0. The largest absolute Gasteiger partial charge is 0.488 e. The molecule has 2 aromatic rings. The van der Waals surface area contributed by atoms with Crippen molar-refractivity contribution < 1.29 is 27.4 Å². The van der Waals surface area contributed by atoms with Crippen molar-refractivity contribution in [1.29, 1.82) is 0 Å². The van der Waals surface area contributed by atoms with Gasteiger partial charge in [-0.2, -0.15) is 13.2 Å². The average Bonchev–Trinajstić information content (AvgIpc) is 3.02. The SMILES string of the molecule is COC(=O)[C@@H]1C[C@@H](Oc2cc(C(F)(F)F)nc3ccc(C)cc23)CN1. The van der Waals surface area contributed by atoms with Crippen molar-refractivity contribution in [1.82, 2.24) is 10.3 Å². The first-order valence-corrected chi connectivity index (χ1v) is 7.74. The van der Waals surface area contributed by atoms with Gasteiger partial charge in [0.15, 0.2) is 0 Å². The molecule has 1 aliphatic heterocycles. The zero-order valence-corrected chi connectivity index (χ0v) is 13.7. The van der Waals surface area contributed by atoms with Crippen LogP contribution in [0.25, 0.3) is 10.9 Å². The predicted molar refractivity (Wildman–Crippen MR) is 84.3 cm³/mol. The Morgan fingerprint density at radius 2 is 2.08 bits per heavy atom. The van der Waals surface area contributed by atoms with E-state index in [1.54, 1.807) is 12.1 Å². The Kier molecular flexibility index (Phi) is 4.55. The molecule has 0 bridgehead atoms. The van der Waals surface area contributed by atoms with Gasteiger partial charge in [0.2, 0.25) is 0 Å².